The van der Waals surface area contributed by atoms with Crippen LogP contribution in [0, 0.1) is 27.4 Å². The van der Waals surface area contributed by atoms with Crippen molar-refractivity contribution in [3.05, 3.63) is 55.9 Å². The van der Waals surface area contributed by atoms with Crippen LogP contribution < -0.4 is 15.8 Å². The second kappa shape index (κ2) is 7.33. The van der Waals surface area contributed by atoms with Gasteiger partial charge in [-0.1, -0.05) is 12.1 Å². The molecule has 0 saturated carbocycles. The number of nitriles is 1. The number of hydrogen-bond acceptors (Lipinski definition) is 8. The number of carbonyl (C=O) groups is 1. The first-order valence-corrected chi connectivity index (χ1v) is 8.91. The molecule has 0 bridgehead atoms. The molecule has 3 heterocycles. The molecule has 2 aromatic rings. The summed E-state index contributed by atoms with van der Waals surface area (Å²) in [5.41, 5.74) is -0.267. The summed E-state index contributed by atoms with van der Waals surface area (Å²) in [7, 11) is 0. The lowest BCUT2D eigenvalue weighted by molar-refractivity contribution is -0.384. The molecule has 1 amide bonds. The summed E-state index contributed by atoms with van der Waals surface area (Å²) in [6.45, 7) is 2.04. The van der Waals surface area contributed by atoms with E-state index in [1.165, 1.54) is 18.2 Å². The van der Waals surface area contributed by atoms with Crippen LogP contribution in [0.25, 0.3) is 0 Å². The van der Waals surface area contributed by atoms with E-state index >= 15 is 0 Å². The molecule has 1 aromatic carbocycles. The van der Waals surface area contributed by atoms with Gasteiger partial charge in [-0.25, -0.2) is 0 Å². The molecule has 148 valence electrons. The predicted octanol–water partition coefficient (Wildman–Crippen LogP) is 0.738. The second-order valence-electron chi connectivity index (χ2n) is 6.68. The molecule has 1 fully saturated rings. The van der Waals surface area contributed by atoms with Crippen LogP contribution in [0.2, 0.25) is 0 Å². The van der Waals surface area contributed by atoms with Crippen molar-refractivity contribution in [3.8, 4) is 6.07 Å². The maximum Gasteiger partial charge on any atom is 0.269 e. The highest BCUT2D eigenvalue weighted by Gasteiger charge is 2.40. The van der Waals surface area contributed by atoms with E-state index in [1.807, 2.05) is 11.0 Å². The van der Waals surface area contributed by atoms with E-state index < -0.39 is 28.2 Å². The van der Waals surface area contributed by atoms with Gasteiger partial charge in [0.1, 0.15) is 11.7 Å². The summed E-state index contributed by atoms with van der Waals surface area (Å²) in [4.78, 5) is 45.0. The first kappa shape index (κ1) is 18.6. The average molecular weight is 396 g/mol. The highest BCUT2D eigenvalue weighted by atomic mass is 16.6. The number of amides is 1. The summed E-state index contributed by atoms with van der Waals surface area (Å²) in [6, 6.07) is 7.49. The van der Waals surface area contributed by atoms with Crippen LogP contribution in [0.1, 0.15) is 17.0 Å². The number of H-pyrrole nitrogens is 1. The average Bonchev–Trinajstić information content (AvgIpc) is 2.73. The number of aromatic nitrogens is 2. The van der Waals surface area contributed by atoms with E-state index in [9.17, 15) is 25.0 Å². The Morgan fingerprint density at radius 1 is 1.31 bits per heavy atom. The number of nitro benzene ring substituents is 1. The smallest absolute Gasteiger partial charge is 0.269 e. The van der Waals surface area contributed by atoms with E-state index in [2.05, 4.69) is 15.3 Å². The number of nitrogens with zero attached hydrogens (tertiary/aromatic N) is 4. The second-order valence-corrected chi connectivity index (χ2v) is 6.68. The SMILES string of the molecule is N#C[C@H]1C(=O)Nc2nc(N3CCOCC3)[nH]c(=O)c2[C@@H]1c1cccc([N+](=O)[O-])c1. The van der Waals surface area contributed by atoms with Crippen LogP contribution in [-0.2, 0) is 9.53 Å². The summed E-state index contributed by atoms with van der Waals surface area (Å²) >= 11 is 0. The molecule has 0 spiro atoms. The largest absolute Gasteiger partial charge is 0.378 e. The van der Waals surface area contributed by atoms with Gasteiger partial charge in [0.2, 0.25) is 11.9 Å². The van der Waals surface area contributed by atoms with Crippen molar-refractivity contribution in [2.75, 3.05) is 36.5 Å². The third-order valence-corrected chi connectivity index (χ3v) is 5.00. The molecule has 0 radical (unpaired) electrons. The molecular weight excluding hydrogens is 380 g/mol. The molecule has 0 unspecified atom stereocenters. The Labute approximate surface area is 164 Å². The Morgan fingerprint density at radius 2 is 2.07 bits per heavy atom. The fourth-order valence-corrected chi connectivity index (χ4v) is 3.62. The highest BCUT2D eigenvalue weighted by molar-refractivity contribution is 5.98. The minimum atomic E-state index is -1.22. The van der Waals surface area contributed by atoms with Crippen LogP contribution in [0.15, 0.2) is 29.1 Å². The number of fused-ring (bicyclic) bond motifs is 1. The zero-order valence-corrected chi connectivity index (χ0v) is 15.1. The fraction of sp³-hybridized carbons (Fsp3) is 0.333. The fourth-order valence-electron chi connectivity index (χ4n) is 3.62. The van der Waals surface area contributed by atoms with Gasteiger partial charge < -0.3 is 15.0 Å². The number of anilines is 2. The molecule has 1 aromatic heterocycles. The standard InChI is InChI=1S/C18H16N6O5/c19-9-12-13(10-2-1-3-11(8-10)24(27)28)14-15(20-16(12)25)21-18(22-17(14)26)23-4-6-29-7-5-23/h1-3,8,12-13H,4-7H2,(H2,20,21,22,25,26)/t12-,13-/m1/s1. The van der Waals surface area contributed by atoms with Gasteiger partial charge in [0.15, 0.2) is 0 Å². The van der Waals surface area contributed by atoms with Crippen molar-refractivity contribution in [2.45, 2.75) is 5.92 Å². The van der Waals surface area contributed by atoms with Gasteiger partial charge in [0.25, 0.3) is 11.2 Å². The van der Waals surface area contributed by atoms with Crippen molar-refractivity contribution in [3.63, 3.8) is 0 Å². The van der Waals surface area contributed by atoms with Crippen molar-refractivity contribution in [2.24, 2.45) is 5.92 Å². The zero-order chi connectivity index (χ0) is 20.5. The van der Waals surface area contributed by atoms with Gasteiger partial charge in [0.05, 0.1) is 29.8 Å². The maximum absolute atomic E-state index is 12.9. The first-order valence-electron chi connectivity index (χ1n) is 8.91. The number of benzene rings is 1. The Hall–Kier alpha value is -3.78. The van der Waals surface area contributed by atoms with E-state index in [0.29, 0.717) is 37.8 Å². The number of nitrogens with one attached hydrogen (secondary N) is 2. The van der Waals surface area contributed by atoms with E-state index in [1.54, 1.807) is 6.07 Å². The van der Waals surface area contributed by atoms with Crippen LogP contribution in [-0.4, -0.2) is 47.1 Å². The van der Waals surface area contributed by atoms with Crippen LogP contribution >= 0.6 is 0 Å². The molecule has 2 atom stereocenters. The van der Waals surface area contributed by atoms with Gasteiger partial charge >= 0.3 is 0 Å². The van der Waals surface area contributed by atoms with Gasteiger partial charge in [-0.3, -0.25) is 24.7 Å². The van der Waals surface area contributed by atoms with Crippen molar-refractivity contribution in [1.29, 1.82) is 5.26 Å². The Bertz CT molecular complexity index is 1080. The number of non-ortho nitro benzene ring substituents is 1. The molecule has 2 aliphatic heterocycles. The molecule has 11 heteroatoms. The molecule has 11 nitrogen and oxygen atoms in total. The van der Waals surface area contributed by atoms with Crippen LogP contribution in [0.4, 0.5) is 17.5 Å². The predicted molar refractivity (Wildman–Crippen MR) is 101 cm³/mol. The van der Waals surface area contributed by atoms with E-state index in [4.69, 9.17) is 4.74 Å². The number of hydrogen-bond donors (Lipinski definition) is 2. The summed E-state index contributed by atoms with van der Waals surface area (Å²) in [5, 5.41) is 23.2. The van der Waals surface area contributed by atoms with E-state index in [0.717, 1.165) is 0 Å². The lowest BCUT2D eigenvalue weighted by atomic mass is 9.79. The van der Waals surface area contributed by atoms with Crippen molar-refractivity contribution >= 4 is 23.4 Å². The number of nitro groups is 1. The Morgan fingerprint density at radius 3 is 2.76 bits per heavy atom. The Kier molecular flexibility index (Phi) is 4.69. The van der Waals surface area contributed by atoms with E-state index in [-0.39, 0.29) is 17.1 Å². The van der Waals surface area contributed by atoms with Gasteiger partial charge in [-0.05, 0) is 5.56 Å². The summed E-state index contributed by atoms with van der Waals surface area (Å²) < 4.78 is 5.29. The number of morpholine rings is 1. The molecule has 1 saturated heterocycles. The Balaban J connectivity index is 1.85. The van der Waals surface area contributed by atoms with Crippen LogP contribution in [0.5, 0.6) is 0 Å². The minimum Gasteiger partial charge on any atom is -0.378 e. The van der Waals surface area contributed by atoms with Gasteiger partial charge in [0, 0.05) is 31.1 Å². The minimum absolute atomic E-state index is 0.0586. The summed E-state index contributed by atoms with van der Waals surface area (Å²) in [5.74, 6) is -2.45. The molecule has 2 aliphatic rings. The lowest BCUT2D eigenvalue weighted by Gasteiger charge is -2.31. The van der Waals surface area contributed by atoms with Crippen molar-refractivity contribution in [1.82, 2.24) is 9.97 Å². The molecule has 29 heavy (non-hydrogen) atoms. The third kappa shape index (κ3) is 3.30. The summed E-state index contributed by atoms with van der Waals surface area (Å²) in [6.07, 6.45) is 0. The normalized spacial score (nSPS) is 21.1. The molecular formula is C18H16N6O5. The maximum atomic E-state index is 12.9. The van der Waals surface area contributed by atoms with Gasteiger partial charge in [-0.15, -0.1) is 0 Å². The zero-order valence-electron chi connectivity index (χ0n) is 15.1. The number of ether oxygens (including phenoxy) is 1. The van der Waals surface area contributed by atoms with Crippen molar-refractivity contribution < 1.29 is 14.5 Å². The number of carbonyl (C=O) groups excluding carboxylic acids is 1. The molecule has 2 N–H and O–H groups in total. The van der Waals surface area contributed by atoms with Crippen LogP contribution in [0.3, 0.4) is 0 Å². The third-order valence-electron chi connectivity index (χ3n) is 5.00. The number of rotatable bonds is 3. The lowest BCUT2D eigenvalue weighted by Crippen LogP contribution is -2.41. The quantitative estimate of drug-likeness (QED) is 0.569. The van der Waals surface area contributed by atoms with Gasteiger partial charge in [-0.2, -0.15) is 10.2 Å². The first-order chi connectivity index (χ1) is 14.0. The topological polar surface area (TPSA) is 154 Å². The monoisotopic (exact) mass is 396 g/mol. The molecule has 4 rings (SSSR count). The number of aromatic amines is 1. The highest BCUT2D eigenvalue weighted by Crippen LogP contribution is 2.39. The molecule has 0 aliphatic carbocycles.